The SMILES string of the molecule is NCc1ccn2c(C3CCCN3)ncc2c1. The lowest BCUT2D eigenvalue weighted by Crippen LogP contribution is -2.15. The number of nitrogens with two attached hydrogens (primary N) is 1. The van der Waals surface area contributed by atoms with Crippen LogP contribution in [-0.2, 0) is 6.54 Å². The average molecular weight is 216 g/mol. The fraction of sp³-hybridized carbons (Fsp3) is 0.417. The molecule has 0 aliphatic carbocycles. The maximum atomic E-state index is 5.63. The first-order valence-corrected chi connectivity index (χ1v) is 5.78. The number of fused-ring (bicyclic) bond motifs is 1. The summed E-state index contributed by atoms with van der Waals surface area (Å²) < 4.78 is 2.15. The molecule has 1 atom stereocenters. The number of nitrogens with zero attached hydrogens (tertiary/aromatic N) is 2. The van der Waals surface area contributed by atoms with E-state index in [4.69, 9.17) is 5.73 Å². The van der Waals surface area contributed by atoms with E-state index in [9.17, 15) is 0 Å². The minimum Gasteiger partial charge on any atom is -0.326 e. The monoisotopic (exact) mass is 216 g/mol. The Morgan fingerprint density at radius 2 is 2.50 bits per heavy atom. The minimum atomic E-state index is 0.409. The largest absolute Gasteiger partial charge is 0.326 e. The van der Waals surface area contributed by atoms with E-state index in [1.807, 2.05) is 6.20 Å². The molecular weight excluding hydrogens is 200 g/mol. The second kappa shape index (κ2) is 3.88. The van der Waals surface area contributed by atoms with Crippen molar-refractivity contribution in [2.75, 3.05) is 6.54 Å². The topological polar surface area (TPSA) is 55.4 Å². The first-order chi connectivity index (χ1) is 7.88. The van der Waals surface area contributed by atoms with Crippen LogP contribution in [0.4, 0.5) is 0 Å². The number of hydrogen-bond acceptors (Lipinski definition) is 3. The van der Waals surface area contributed by atoms with Crippen LogP contribution in [-0.4, -0.2) is 15.9 Å². The molecule has 0 amide bonds. The van der Waals surface area contributed by atoms with Crippen molar-refractivity contribution in [3.63, 3.8) is 0 Å². The molecule has 1 aliphatic rings. The second-order valence-corrected chi connectivity index (χ2v) is 4.30. The van der Waals surface area contributed by atoms with Crippen molar-refractivity contribution in [1.82, 2.24) is 14.7 Å². The Labute approximate surface area is 94.5 Å². The number of imidazole rings is 1. The highest BCUT2D eigenvalue weighted by Crippen LogP contribution is 2.23. The third-order valence-electron chi connectivity index (χ3n) is 3.23. The van der Waals surface area contributed by atoms with Crippen LogP contribution in [0.1, 0.15) is 30.3 Å². The Morgan fingerprint density at radius 3 is 3.25 bits per heavy atom. The van der Waals surface area contributed by atoms with Crippen LogP contribution in [0.3, 0.4) is 0 Å². The standard InChI is InChI=1S/C12H16N4/c13-7-9-3-5-16-10(6-9)8-15-12(16)11-2-1-4-14-11/h3,5-6,8,11,14H,1-2,4,7,13H2. The van der Waals surface area contributed by atoms with Gasteiger partial charge in [0, 0.05) is 12.7 Å². The molecule has 84 valence electrons. The zero-order valence-corrected chi connectivity index (χ0v) is 9.19. The molecule has 1 unspecified atom stereocenters. The van der Waals surface area contributed by atoms with Crippen molar-refractivity contribution < 1.29 is 0 Å². The Bertz CT molecular complexity index is 497. The molecule has 3 rings (SSSR count). The predicted octanol–water partition coefficient (Wildman–Crippen LogP) is 1.22. The highest BCUT2D eigenvalue weighted by Gasteiger charge is 2.20. The molecule has 0 saturated carbocycles. The van der Waals surface area contributed by atoms with Crippen LogP contribution in [0.15, 0.2) is 24.5 Å². The number of aromatic nitrogens is 2. The number of pyridine rings is 1. The lowest BCUT2D eigenvalue weighted by molar-refractivity contribution is 0.602. The normalized spacial score (nSPS) is 20.7. The van der Waals surface area contributed by atoms with Crippen molar-refractivity contribution in [2.24, 2.45) is 5.73 Å². The van der Waals surface area contributed by atoms with Gasteiger partial charge in [-0.1, -0.05) is 0 Å². The summed E-state index contributed by atoms with van der Waals surface area (Å²) in [5.41, 5.74) is 7.91. The van der Waals surface area contributed by atoms with E-state index in [0.29, 0.717) is 12.6 Å². The fourth-order valence-corrected chi connectivity index (χ4v) is 2.36. The molecule has 0 bridgehead atoms. The van der Waals surface area contributed by atoms with Gasteiger partial charge in [0.2, 0.25) is 0 Å². The minimum absolute atomic E-state index is 0.409. The summed E-state index contributed by atoms with van der Waals surface area (Å²) in [6.07, 6.45) is 6.41. The van der Waals surface area contributed by atoms with E-state index in [-0.39, 0.29) is 0 Å². The van der Waals surface area contributed by atoms with Crippen molar-refractivity contribution >= 4 is 5.52 Å². The zero-order chi connectivity index (χ0) is 11.0. The Morgan fingerprint density at radius 1 is 1.56 bits per heavy atom. The predicted molar refractivity (Wildman–Crippen MR) is 63.1 cm³/mol. The summed E-state index contributed by atoms with van der Waals surface area (Å²) in [7, 11) is 0. The van der Waals surface area contributed by atoms with Crippen molar-refractivity contribution in [3.05, 3.63) is 35.9 Å². The number of hydrogen-bond donors (Lipinski definition) is 2. The van der Waals surface area contributed by atoms with Crippen LogP contribution in [0, 0.1) is 0 Å². The van der Waals surface area contributed by atoms with Gasteiger partial charge in [-0.15, -0.1) is 0 Å². The molecule has 2 aromatic heterocycles. The molecular formula is C12H16N4. The smallest absolute Gasteiger partial charge is 0.130 e. The molecule has 1 fully saturated rings. The fourth-order valence-electron chi connectivity index (χ4n) is 2.36. The van der Waals surface area contributed by atoms with Crippen LogP contribution in [0.25, 0.3) is 5.52 Å². The van der Waals surface area contributed by atoms with E-state index >= 15 is 0 Å². The van der Waals surface area contributed by atoms with Crippen LogP contribution in [0.2, 0.25) is 0 Å². The summed E-state index contributed by atoms with van der Waals surface area (Å²) in [4.78, 5) is 4.51. The summed E-state index contributed by atoms with van der Waals surface area (Å²) >= 11 is 0. The summed E-state index contributed by atoms with van der Waals surface area (Å²) in [6.45, 7) is 1.68. The first-order valence-electron chi connectivity index (χ1n) is 5.78. The molecule has 0 radical (unpaired) electrons. The van der Waals surface area contributed by atoms with Crippen molar-refractivity contribution in [1.29, 1.82) is 0 Å². The maximum Gasteiger partial charge on any atom is 0.130 e. The molecule has 1 saturated heterocycles. The number of nitrogens with one attached hydrogen (secondary N) is 1. The molecule has 0 spiro atoms. The van der Waals surface area contributed by atoms with Gasteiger partial charge in [-0.3, -0.25) is 0 Å². The third-order valence-corrected chi connectivity index (χ3v) is 3.23. The van der Waals surface area contributed by atoms with E-state index in [0.717, 1.165) is 23.4 Å². The Hall–Kier alpha value is -1.39. The molecule has 3 heterocycles. The Balaban J connectivity index is 2.06. The molecule has 1 aliphatic heterocycles. The van der Waals surface area contributed by atoms with Gasteiger partial charge in [-0.2, -0.15) is 0 Å². The molecule has 4 heteroatoms. The average Bonchev–Trinajstić information content (AvgIpc) is 2.96. The third kappa shape index (κ3) is 1.50. The Kier molecular flexibility index (Phi) is 2.38. The molecule has 4 nitrogen and oxygen atoms in total. The van der Waals surface area contributed by atoms with Gasteiger partial charge < -0.3 is 15.5 Å². The van der Waals surface area contributed by atoms with Gasteiger partial charge in [-0.25, -0.2) is 4.98 Å². The molecule has 16 heavy (non-hydrogen) atoms. The summed E-state index contributed by atoms with van der Waals surface area (Å²) in [5, 5.41) is 3.47. The van der Waals surface area contributed by atoms with Gasteiger partial charge in [0.25, 0.3) is 0 Å². The van der Waals surface area contributed by atoms with Gasteiger partial charge in [-0.05, 0) is 37.1 Å². The zero-order valence-electron chi connectivity index (χ0n) is 9.19. The summed E-state index contributed by atoms with van der Waals surface area (Å²) in [5.74, 6) is 1.12. The van der Waals surface area contributed by atoms with Crippen molar-refractivity contribution in [2.45, 2.75) is 25.4 Å². The molecule has 2 aromatic rings. The van der Waals surface area contributed by atoms with E-state index in [1.54, 1.807) is 0 Å². The van der Waals surface area contributed by atoms with E-state index in [1.165, 1.54) is 12.8 Å². The first kappa shape index (κ1) is 9.81. The van der Waals surface area contributed by atoms with E-state index in [2.05, 4.69) is 33.0 Å². The highest BCUT2D eigenvalue weighted by molar-refractivity contribution is 5.48. The number of rotatable bonds is 2. The molecule has 3 N–H and O–H groups in total. The lowest BCUT2D eigenvalue weighted by atomic mass is 10.2. The lowest BCUT2D eigenvalue weighted by Gasteiger charge is -2.09. The molecule has 0 aromatic carbocycles. The highest BCUT2D eigenvalue weighted by atomic mass is 15.1. The quantitative estimate of drug-likeness (QED) is 0.793. The van der Waals surface area contributed by atoms with Crippen LogP contribution >= 0.6 is 0 Å². The van der Waals surface area contributed by atoms with Crippen molar-refractivity contribution in [3.8, 4) is 0 Å². The van der Waals surface area contributed by atoms with Crippen LogP contribution in [0.5, 0.6) is 0 Å². The van der Waals surface area contributed by atoms with Gasteiger partial charge in [0.1, 0.15) is 5.82 Å². The van der Waals surface area contributed by atoms with Gasteiger partial charge in [0.15, 0.2) is 0 Å². The van der Waals surface area contributed by atoms with Crippen LogP contribution < -0.4 is 11.1 Å². The van der Waals surface area contributed by atoms with E-state index < -0.39 is 0 Å². The maximum absolute atomic E-state index is 5.63. The van der Waals surface area contributed by atoms with Gasteiger partial charge in [0.05, 0.1) is 17.8 Å². The van der Waals surface area contributed by atoms with Gasteiger partial charge >= 0.3 is 0 Å². The summed E-state index contributed by atoms with van der Waals surface area (Å²) in [6, 6.07) is 4.57. The second-order valence-electron chi connectivity index (χ2n) is 4.30.